The maximum atomic E-state index is 5.75. The first-order valence-electron chi connectivity index (χ1n) is 5.80. The van der Waals surface area contributed by atoms with Crippen LogP contribution in [-0.4, -0.2) is 21.8 Å². The van der Waals surface area contributed by atoms with E-state index in [1.54, 1.807) is 0 Å². The molecule has 0 saturated heterocycles. The minimum atomic E-state index is 0.400. The molecule has 0 radical (unpaired) electrons. The number of rotatable bonds is 7. The zero-order chi connectivity index (χ0) is 12.0. The second-order valence-corrected chi connectivity index (χ2v) is 5.38. The Morgan fingerprint density at radius 3 is 2.69 bits per heavy atom. The number of alkyl halides is 1. The maximum Gasteiger partial charge on any atom is 0.202 e. The van der Waals surface area contributed by atoms with E-state index in [9.17, 15) is 0 Å². The van der Waals surface area contributed by atoms with Gasteiger partial charge in [0, 0.05) is 29.9 Å². The quantitative estimate of drug-likeness (QED) is 0.760. The van der Waals surface area contributed by atoms with Crippen LogP contribution in [0, 0.1) is 5.92 Å². The van der Waals surface area contributed by atoms with Gasteiger partial charge in [0.15, 0.2) is 0 Å². The molecule has 0 bridgehead atoms. The topological polar surface area (TPSA) is 37.8 Å². The third kappa shape index (κ3) is 4.26. The molecular weight excluding hydrogens is 242 g/mol. The van der Waals surface area contributed by atoms with Crippen molar-refractivity contribution >= 4 is 28.3 Å². The van der Waals surface area contributed by atoms with Crippen LogP contribution < -0.4 is 5.32 Å². The van der Waals surface area contributed by atoms with E-state index in [0.717, 1.165) is 36.2 Å². The van der Waals surface area contributed by atoms with Gasteiger partial charge in [0.2, 0.25) is 5.13 Å². The van der Waals surface area contributed by atoms with Crippen molar-refractivity contribution in [2.24, 2.45) is 5.92 Å². The van der Waals surface area contributed by atoms with Gasteiger partial charge < -0.3 is 5.32 Å². The van der Waals surface area contributed by atoms with Gasteiger partial charge in [-0.05, 0) is 12.3 Å². The molecule has 0 amide bonds. The van der Waals surface area contributed by atoms with E-state index >= 15 is 0 Å². The van der Waals surface area contributed by atoms with Gasteiger partial charge in [-0.2, -0.15) is 4.37 Å². The minimum Gasteiger partial charge on any atom is -0.360 e. The van der Waals surface area contributed by atoms with Crippen LogP contribution in [0.25, 0.3) is 0 Å². The van der Waals surface area contributed by atoms with Crippen LogP contribution in [0.3, 0.4) is 0 Å². The van der Waals surface area contributed by atoms with Crippen LogP contribution in [0.5, 0.6) is 0 Å². The Kier molecular flexibility index (Phi) is 6.06. The summed E-state index contributed by atoms with van der Waals surface area (Å²) in [5, 5.41) is 4.27. The first-order valence-corrected chi connectivity index (χ1v) is 7.11. The monoisotopic (exact) mass is 261 g/mol. The van der Waals surface area contributed by atoms with Gasteiger partial charge in [0.25, 0.3) is 0 Å². The second-order valence-electron chi connectivity index (χ2n) is 4.25. The third-order valence-electron chi connectivity index (χ3n) is 2.59. The lowest BCUT2D eigenvalue weighted by atomic mass is 10.0. The number of aromatic nitrogens is 2. The highest BCUT2D eigenvalue weighted by atomic mass is 35.5. The van der Waals surface area contributed by atoms with E-state index in [-0.39, 0.29) is 0 Å². The molecule has 3 nitrogen and oxygen atoms in total. The van der Waals surface area contributed by atoms with E-state index in [4.69, 9.17) is 11.6 Å². The fourth-order valence-electron chi connectivity index (χ4n) is 1.38. The molecule has 0 aliphatic rings. The van der Waals surface area contributed by atoms with Crippen molar-refractivity contribution in [3.05, 3.63) is 5.82 Å². The molecule has 1 aromatic rings. The minimum absolute atomic E-state index is 0.400. The van der Waals surface area contributed by atoms with E-state index in [1.165, 1.54) is 11.5 Å². The summed E-state index contributed by atoms with van der Waals surface area (Å²) in [6.45, 7) is 7.34. The predicted molar refractivity (Wildman–Crippen MR) is 71.6 cm³/mol. The molecule has 0 aliphatic heterocycles. The van der Waals surface area contributed by atoms with Gasteiger partial charge in [0.1, 0.15) is 5.82 Å². The summed E-state index contributed by atoms with van der Waals surface area (Å²) >= 11 is 7.19. The molecule has 0 fully saturated rings. The van der Waals surface area contributed by atoms with Crippen LogP contribution in [-0.2, 0) is 0 Å². The molecular formula is C11H20ClN3S. The van der Waals surface area contributed by atoms with Gasteiger partial charge in [-0.3, -0.25) is 0 Å². The van der Waals surface area contributed by atoms with Gasteiger partial charge in [0.05, 0.1) is 0 Å². The number of anilines is 1. The summed E-state index contributed by atoms with van der Waals surface area (Å²) in [4.78, 5) is 4.44. The van der Waals surface area contributed by atoms with E-state index in [0.29, 0.717) is 11.8 Å². The van der Waals surface area contributed by atoms with Crippen molar-refractivity contribution in [2.75, 3.05) is 17.7 Å². The fraction of sp³-hybridized carbons (Fsp3) is 0.818. The summed E-state index contributed by atoms with van der Waals surface area (Å²) in [5.41, 5.74) is 0. The molecule has 1 unspecified atom stereocenters. The smallest absolute Gasteiger partial charge is 0.202 e. The van der Waals surface area contributed by atoms with Crippen molar-refractivity contribution in [2.45, 2.75) is 39.5 Å². The Morgan fingerprint density at radius 2 is 2.19 bits per heavy atom. The lowest BCUT2D eigenvalue weighted by molar-refractivity contribution is 0.521. The van der Waals surface area contributed by atoms with Gasteiger partial charge in [-0.1, -0.05) is 27.2 Å². The molecule has 0 aromatic carbocycles. The van der Waals surface area contributed by atoms with Crippen molar-refractivity contribution in [1.82, 2.24) is 9.36 Å². The maximum absolute atomic E-state index is 5.75. The summed E-state index contributed by atoms with van der Waals surface area (Å²) in [7, 11) is 0. The number of hydrogen-bond acceptors (Lipinski definition) is 4. The number of nitrogens with one attached hydrogen (secondary N) is 1. The molecule has 1 atom stereocenters. The molecule has 5 heteroatoms. The number of hydrogen-bond donors (Lipinski definition) is 1. The molecule has 1 aromatic heterocycles. The summed E-state index contributed by atoms with van der Waals surface area (Å²) < 4.78 is 4.31. The molecule has 92 valence electrons. The van der Waals surface area contributed by atoms with Crippen molar-refractivity contribution in [3.63, 3.8) is 0 Å². The van der Waals surface area contributed by atoms with E-state index < -0.39 is 0 Å². The molecule has 16 heavy (non-hydrogen) atoms. The van der Waals surface area contributed by atoms with Crippen LogP contribution in [0.1, 0.15) is 45.4 Å². The lowest BCUT2D eigenvalue weighted by Gasteiger charge is -2.12. The van der Waals surface area contributed by atoms with Crippen LogP contribution in [0.4, 0.5) is 5.13 Å². The van der Waals surface area contributed by atoms with Crippen molar-refractivity contribution in [1.29, 1.82) is 0 Å². The summed E-state index contributed by atoms with van der Waals surface area (Å²) in [6, 6.07) is 0. The molecule has 0 spiro atoms. The number of halogens is 1. The fourth-order valence-corrected chi connectivity index (χ4v) is 2.40. The Labute approximate surface area is 107 Å². The molecule has 0 saturated carbocycles. The highest BCUT2D eigenvalue weighted by Gasteiger charge is 2.09. The zero-order valence-electron chi connectivity index (χ0n) is 10.2. The largest absolute Gasteiger partial charge is 0.360 e. The highest BCUT2D eigenvalue weighted by molar-refractivity contribution is 7.09. The van der Waals surface area contributed by atoms with Crippen molar-refractivity contribution in [3.8, 4) is 0 Å². The summed E-state index contributed by atoms with van der Waals surface area (Å²) in [5.74, 6) is 2.69. The molecule has 1 N–H and O–H groups in total. The lowest BCUT2D eigenvalue weighted by Crippen LogP contribution is -2.14. The second kappa shape index (κ2) is 7.07. The Morgan fingerprint density at radius 1 is 1.44 bits per heavy atom. The van der Waals surface area contributed by atoms with Crippen LogP contribution >= 0.6 is 23.1 Å². The average molecular weight is 262 g/mol. The Bertz CT molecular complexity index is 301. The third-order valence-corrected chi connectivity index (χ3v) is 3.50. The SMILES string of the molecule is CCC(CCCl)CNc1nc(C(C)C)ns1. The highest BCUT2D eigenvalue weighted by Crippen LogP contribution is 2.18. The van der Waals surface area contributed by atoms with Crippen molar-refractivity contribution < 1.29 is 0 Å². The molecule has 0 aliphatic carbocycles. The standard InChI is InChI=1S/C11H20ClN3S/c1-4-9(5-6-12)7-13-11-14-10(8(2)3)15-16-11/h8-9H,4-7H2,1-3H3,(H,13,14,15). The van der Waals surface area contributed by atoms with E-state index in [1.807, 2.05) is 0 Å². The van der Waals surface area contributed by atoms with Crippen LogP contribution in [0.2, 0.25) is 0 Å². The van der Waals surface area contributed by atoms with Crippen LogP contribution in [0.15, 0.2) is 0 Å². The first-order chi connectivity index (χ1) is 7.67. The normalized spacial score (nSPS) is 13.1. The Hall–Kier alpha value is -0.350. The first kappa shape index (κ1) is 13.7. The molecule has 1 heterocycles. The summed E-state index contributed by atoms with van der Waals surface area (Å²) in [6.07, 6.45) is 2.20. The van der Waals surface area contributed by atoms with Gasteiger partial charge >= 0.3 is 0 Å². The molecule has 1 rings (SSSR count). The van der Waals surface area contributed by atoms with Gasteiger partial charge in [-0.25, -0.2) is 4.98 Å². The van der Waals surface area contributed by atoms with Gasteiger partial charge in [-0.15, -0.1) is 11.6 Å². The number of nitrogens with zero attached hydrogens (tertiary/aromatic N) is 2. The zero-order valence-corrected chi connectivity index (χ0v) is 11.7. The average Bonchev–Trinajstić information content (AvgIpc) is 2.73. The van der Waals surface area contributed by atoms with E-state index in [2.05, 4.69) is 35.4 Å². The Balaban J connectivity index is 2.41. The predicted octanol–water partition coefficient (Wildman–Crippen LogP) is 3.73.